The average Bonchev–Trinajstić information content (AvgIpc) is 2.84. The van der Waals surface area contributed by atoms with Gasteiger partial charge in [-0.1, -0.05) is 11.6 Å². The van der Waals surface area contributed by atoms with Gasteiger partial charge in [0.15, 0.2) is 6.10 Å². The lowest BCUT2D eigenvalue weighted by Crippen LogP contribution is -2.31. The third-order valence-electron chi connectivity index (χ3n) is 3.65. The highest BCUT2D eigenvalue weighted by Gasteiger charge is 2.44. The maximum atomic E-state index is 13.6. The standard InChI is InChI=1S/C16H12ClF2NO4/c17-10-1-3-13(4-2-10)20-15(14(8-23-22)24-16(20)21)9-5-11(18)7-12(19)6-9/h1-7,14-15,22H,8H2/t14-,15-/m0/s1. The number of cyclic esters (lactones) is 1. The molecule has 1 N–H and O–H groups in total. The van der Waals surface area contributed by atoms with Crippen LogP contribution in [0, 0.1) is 11.6 Å². The number of benzene rings is 2. The van der Waals surface area contributed by atoms with Crippen molar-refractivity contribution in [2.75, 3.05) is 11.5 Å². The van der Waals surface area contributed by atoms with E-state index in [0.29, 0.717) is 10.7 Å². The lowest BCUT2D eigenvalue weighted by atomic mass is 10.00. The number of carbonyl (C=O) groups is 1. The van der Waals surface area contributed by atoms with Crippen molar-refractivity contribution in [3.63, 3.8) is 0 Å². The predicted molar refractivity (Wildman–Crippen MR) is 81.9 cm³/mol. The molecule has 0 saturated carbocycles. The Morgan fingerprint density at radius 1 is 1.17 bits per heavy atom. The molecule has 3 rings (SSSR count). The van der Waals surface area contributed by atoms with Crippen LogP contribution in [0.25, 0.3) is 0 Å². The first-order valence-electron chi connectivity index (χ1n) is 6.97. The summed E-state index contributed by atoms with van der Waals surface area (Å²) in [5.74, 6) is -1.58. The van der Waals surface area contributed by atoms with E-state index in [1.165, 1.54) is 4.90 Å². The summed E-state index contributed by atoms with van der Waals surface area (Å²) in [6.07, 6.45) is -1.67. The van der Waals surface area contributed by atoms with E-state index in [9.17, 15) is 13.6 Å². The van der Waals surface area contributed by atoms with Crippen LogP contribution in [0.3, 0.4) is 0 Å². The number of hydrogen-bond donors (Lipinski definition) is 1. The van der Waals surface area contributed by atoms with Gasteiger partial charge in [-0.3, -0.25) is 10.2 Å². The van der Waals surface area contributed by atoms with Crippen molar-refractivity contribution in [3.8, 4) is 0 Å². The minimum atomic E-state index is -0.945. The van der Waals surface area contributed by atoms with Crippen LogP contribution < -0.4 is 4.90 Å². The van der Waals surface area contributed by atoms with Crippen LogP contribution in [0.5, 0.6) is 0 Å². The van der Waals surface area contributed by atoms with Crippen LogP contribution in [0.4, 0.5) is 19.3 Å². The van der Waals surface area contributed by atoms with Gasteiger partial charge in [-0.25, -0.2) is 18.5 Å². The Hall–Kier alpha value is -2.22. The normalized spacial score (nSPS) is 20.3. The number of halogens is 3. The molecular weight excluding hydrogens is 344 g/mol. The van der Waals surface area contributed by atoms with Gasteiger partial charge in [0.1, 0.15) is 24.3 Å². The van der Waals surface area contributed by atoms with Gasteiger partial charge in [0, 0.05) is 16.8 Å². The molecular formula is C16H12ClF2NO4. The molecule has 1 amide bonds. The Morgan fingerprint density at radius 3 is 2.38 bits per heavy atom. The van der Waals surface area contributed by atoms with Gasteiger partial charge in [0.2, 0.25) is 0 Å². The molecule has 1 heterocycles. The number of hydrogen-bond acceptors (Lipinski definition) is 4. The summed E-state index contributed by atoms with van der Waals surface area (Å²) in [5, 5.41) is 9.17. The van der Waals surface area contributed by atoms with Crippen molar-refractivity contribution in [1.82, 2.24) is 0 Å². The summed E-state index contributed by atoms with van der Waals surface area (Å²) in [4.78, 5) is 17.6. The van der Waals surface area contributed by atoms with E-state index < -0.39 is 29.9 Å². The smallest absolute Gasteiger partial charge is 0.415 e. The van der Waals surface area contributed by atoms with Gasteiger partial charge < -0.3 is 4.74 Å². The molecule has 5 nitrogen and oxygen atoms in total. The van der Waals surface area contributed by atoms with Crippen molar-refractivity contribution in [1.29, 1.82) is 0 Å². The Balaban J connectivity index is 2.07. The fourth-order valence-corrected chi connectivity index (χ4v) is 2.83. The topological polar surface area (TPSA) is 59.0 Å². The third kappa shape index (κ3) is 3.19. The minimum absolute atomic E-state index is 0.176. The van der Waals surface area contributed by atoms with Crippen molar-refractivity contribution in [2.24, 2.45) is 0 Å². The fourth-order valence-electron chi connectivity index (χ4n) is 2.71. The highest BCUT2D eigenvalue weighted by atomic mass is 35.5. The van der Waals surface area contributed by atoms with E-state index in [-0.39, 0.29) is 12.2 Å². The second-order valence-electron chi connectivity index (χ2n) is 5.21. The average molecular weight is 356 g/mol. The molecule has 1 aliphatic heterocycles. The van der Waals surface area contributed by atoms with Crippen molar-refractivity contribution in [3.05, 3.63) is 64.7 Å². The zero-order chi connectivity index (χ0) is 17.3. The maximum absolute atomic E-state index is 13.6. The third-order valence-corrected chi connectivity index (χ3v) is 3.90. The van der Waals surface area contributed by atoms with Crippen molar-refractivity contribution in [2.45, 2.75) is 12.1 Å². The van der Waals surface area contributed by atoms with Crippen LogP contribution >= 0.6 is 11.6 Å². The van der Waals surface area contributed by atoms with Crippen LogP contribution in [0.2, 0.25) is 5.02 Å². The molecule has 0 spiro atoms. The largest absolute Gasteiger partial charge is 0.441 e. The fraction of sp³-hybridized carbons (Fsp3) is 0.188. The molecule has 1 aliphatic rings. The first-order valence-corrected chi connectivity index (χ1v) is 7.35. The lowest BCUT2D eigenvalue weighted by molar-refractivity contribution is -0.255. The lowest BCUT2D eigenvalue weighted by Gasteiger charge is -2.24. The van der Waals surface area contributed by atoms with Crippen LogP contribution in [-0.4, -0.2) is 24.1 Å². The number of amides is 1. The Bertz CT molecular complexity index is 736. The zero-order valence-corrected chi connectivity index (χ0v) is 12.9. The number of ether oxygens (including phenoxy) is 1. The monoisotopic (exact) mass is 355 g/mol. The summed E-state index contributed by atoms with van der Waals surface area (Å²) in [6.45, 7) is -0.349. The summed E-state index contributed by atoms with van der Waals surface area (Å²) >= 11 is 5.84. The Labute approximate surface area is 140 Å². The van der Waals surface area contributed by atoms with E-state index in [2.05, 4.69) is 4.89 Å². The molecule has 0 aliphatic carbocycles. The maximum Gasteiger partial charge on any atom is 0.415 e. The minimum Gasteiger partial charge on any atom is -0.441 e. The molecule has 2 atom stereocenters. The molecule has 0 radical (unpaired) electrons. The van der Waals surface area contributed by atoms with Crippen molar-refractivity contribution < 1.29 is 28.5 Å². The molecule has 2 aromatic rings. The van der Waals surface area contributed by atoms with Gasteiger partial charge in [0.05, 0.1) is 0 Å². The molecule has 1 saturated heterocycles. The number of rotatable bonds is 4. The quantitative estimate of drug-likeness (QED) is 0.660. The van der Waals surface area contributed by atoms with E-state index >= 15 is 0 Å². The second-order valence-corrected chi connectivity index (χ2v) is 5.65. The first kappa shape index (κ1) is 16.6. The molecule has 126 valence electrons. The number of nitrogens with zero attached hydrogens (tertiary/aromatic N) is 1. The molecule has 2 aromatic carbocycles. The van der Waals surface area contributed by atoms with Crippen LogP contribution in [0.15, 0.2) is 42.5 Å². The van der Waals surface area contributed by atoms with Gasteiger partial charge in [-0.2, -0.15) is 0 Å². The van der Waals surface area contributed by atoms with Gasteiger partial charge in [-0.05, 0) is 42.0 Å². The Kier molecular flexibility index (Phi) is 4.66. The van der Waals surface area contributed by atoms with E-state index in [1.54, 1.807) is 24.3 Å². The molecule has 0 bridgehead atoms. The number of anilines is 1. The number of carbonyl (C=O) groups excluding carboxylic acids is 1. The van der Waals surface area contributed by atoms with Crippen LogP contribution in [-0.2, 0) is 9.62 Å². The highest BCUT2D eigenvalue weighted by molar-refractivity contribution is 6.30. The summed E-state index contributed by atoms with van der Waals surface area (Å²) in [7, 11) is 0. The predicted octanol–water partition coefficient (Wildman–Crippen LogP) is 4.17. The first-order chi connectivity index (χ1) is 11.5. The molecule has 24 heavy (non-hydrogen) atoms. The Morgan fingerprint density at radius 2 is 1.79 bits per heavy atom. The van der Waals surface area contributed by atoms with Gasteiger partial charge in [-0.15, -0.1) is 0 Å². The van der Waals surface area contributed by atoms with Gasteiger partial charge >= 0.3 is 6.09 Å². The van der Waals surface area contributed by atoms with Crippen molar-refractivity contribution >= 4 is 23.4 Å². The van der Waals surface area contributed by atoms with E-state index in [1.807, 2.05) is 0 Å². The molecule has 0 unspecified atom stereocenters. The van der Waals surface area contributed by atoms with Crippen LogP contribution in [0.1, 0.15) is 11.6 Å². The molecule has 8 heteroatoms. The highest BCUT2D eigenvalue weighted by Crippen LogP contribution is 2.38. The summed E-state index contributed by atoms with van der Waals surface area (Å²) in [6, 6.07) is 8.35. The van der Waals surface area contributed by atoms with E-state index in [0.717, 1.165) is 18.2 Å². The summed E-state index contributed by atoms with van der Waals surface area (Å²) in [5.41, 5.74) is 0.606. The zero-order valence-electron chi connectivity index (χ0n) is 12.2. The summed E-state index contributed by atoms with van der Waals surface area (Å²) < 4.78 is 32.4. The molecule has 1 fully saturated rings. The van der Waals surface area contributed by atoms with E-state index in [4.69, 9.17) is 21.6 Å². The molecule has 0 aromatic heterocycles. The van der Waals surface area contributed by atoms with Gasteiger partial charge in [0.25, 0.3) is 0 Å². The second kappa shape index (κ2) is 6.72. The SMILES string of the molecule is O=C1O[C@@H](COO)[C@H](c2cc(F)cc(F)c2)N1c1ccc(Cl)cc1.